The Morgan fingerprint density at radius 2 is 1.66 bits per heavy atom. The van der Waals surface area contributed by atoms with E-state index in [2.05, 4.69) is 57.3 Å². The molecule has 4 rings (SSSR count). The second-order valence-electron chi connectivity index (χ2n) is 7.07. The zero-order chi connectivity index (χ0) is 22.5. The van der Waals surface area contributed by atoms with Crippen molar-refractivity contribution in [3.8, 4) is 33.1 Å². The average Bonchev–Trinajstić information content (AvgIpc) is 3.18. The molecular formula is C25H20BrNO4S. The SMILES string of the molecule is Cc1cc(OCc2nc(Br)c(-c3ccc(-c4ccccc4)cc3)s2)ccc1OCC(=O)O. The van der Waals surface area contributed by atoms with Crippen molar-refractivity contribution in [3.63, 3.8) is 0 Å². The molecule has 0 radical (unpaired) electrons. The van der Waals surface area contributed by atoms with Crippen LogP contribution in [0.2, 0.25) is 0 Å². The number of carbonyl (C=O) groups is 1. The molecule has 0 fully saturated rings. The molecular weight excluding hydrogens is 490 g/mol. The van der Waals surface area contributed by atoms with Gasteiger partial charge in [-0.2, -0.15) is 0 Å². The molecule has 0 aliphatic heterocycles. The lowest BCUT2D eigenvalue weighted by Crippen LogP contribution is -2.10. The fourth-order valence-electron chi connectivity index (χ4n) is 3.19. The van der Waals surface area contributed by atoms with E-state index < -0.39 is 5.97 Å². The van der Waals surface area contributed by atoms with E-state index in [0.717, 1.165) is 25.6 Å². The fourth-order valence-corrected chi connectivity index (χ4v) is 4.86. The number of ether oxygens (including phenoxy) is 2. The Morgan fingerprint density at radius 1 is 0.969 bits per heavy atom. The lowest BCUT2D eigenvalue weighted by molar-refractivity contribution is -0.139. The molecule has 1 heterocycles. The Balaban J connectivity index is 1.43. The molecule has 0 aliphatic carbocycles. The maximum absolute atomic E-state index is 10.7. The first-order valence-corrected chi connectivity index (χ1v) is 11.5. The van der Waals surface area contributed by atoms with Crippen molar-refractivity contribution < 1.29 is 19.4 Å². The molecule has 162 valence electrons. The van der Waals surface area contributed by atoms with Gasteiger partial charge in [0.05, 0.1) is 4.88 Å². The second-order valence-corrected chi connectivity index (χ2v) is 8.90. The number of halogens is 1. The van der Waals surface area contributed by atoms with Crippen LogP contribution in [0.25, 0.3) is 21.6 Å². The van der Waals surface area contributed by atoms with Gasteiger partial charge in [-0.25, -0.2) is 9.78 Å². The lowest BCUT2D eigenvalue weighted by Gasteiger charge is -2.09. The summed E-state index contributed by atoms with van der Waals surface area (Å²) in [7, 11) is 0. The van der Waals surface area contributed by atoms with Crippen molar-refractivity contribution in [2.75, 3.05) is 6.61 Å². The molecule has 3 aromatic carbocycles. The maximum Gasteiger partial charge on any atom is 0.341 e. The number of hydrogen-bond donors (Lipinski definition) is 1. The van der Waals surface area contributed by atoms with Crippen molar-refractivity contribution >= 4 is 33.2 Å². The van der Waals surface area contributed by atoms with Crippen LogP contribution in [0.5, 0.6) is 11.5 Å². The first-order chi connectivity index (χ1) is 15.5. The van der Waals surface area contributed by atoms with Gasteiger partial charge in [-0.15, -0.1) is 11.3 Å². The first kappa shape index (κ1) is 22.0. The third-order valence-corrected chi connectivity index (χ3v) is 6.66. The zero-order valence-corrected chi connectivity index (χ0v) is 19.7. The Morgan fingerprint density at radius 3 is 2.34 bits per heavy atom. The summed E-state index contributed by atoms with van der Waals surface area (Å²) in [5.74, 6) is 0.188. The van der Waals surface area contributed by atoms with Crippen molar-refractivity contribution in [3.05, 3.63) is 88.0 Å². The first-order valence-electron chi connectivity index (χ1n) is 9.88. The van der Waals surface area contributed by atoms with E-state index in [4.69, 9.17) is 14.6 Å². The lowest BCUT2D eigenvalue weighted by atomic mass is 10.0. The highest BCUT2D eigenvalue weighted by atomic mass is 79.9. The Labute approximate surface area is 198 Å². The van der Waals surface area contributed by atoms with Gasteiger partial charge in [0.25, 0.3) is 0 Å². The number of hydrogen-bond acceptors (Lipinski definition) is 5. The van der Waals surface area contributed by atoms with E-state index in [1.807, 2.05) is 31.2 Å². The number of carboxylic acids is 1. The summed E-state index contributed by atoms with van der Waals surface area (Å²) >= 11 is 5.15. The highest BCUT2D eigenvalue weighted by Crippen LogP contribution is 2.35. The molecule has 0 saturated heterocycles. The number of aryl methyl sites for hydroxylation is 1. The molecule has 1 aromatic heterocycles. The monoisotopic (exact) mass is 509 g/mol. The number of rotatable bonds is 8. The van der Waals surface area contributed by atoms with Crippen molar-refractivity contribution in [2.24, 2.45) is 0 Å². The van der Waals surface area contributed by atoms with Gasteiger partial charge in [-0.3, -0.25) is 0 Å². The van der Waals surface area contributed by atoms with Crippen LogP contribution in [0.3, 0.4) is 0 Å². The van der Waals surface area contributed by atoms with E-state index in [9.17, 15) is 4.79 Å². The van der Waals surface area contributed by atoms with Crippen LogP contribution in [0.15, 0.2) is 77.4 Å². The minimum Gasteiger partial charge on any atom is -0.486 e. The van der Waals surface area contributed by atoms with Crippen molar-refractivity contribution in [1.29, 1.82) is 0 Å². The smallest absolute Gasteiger partial charge is 0.341 e. The van der Waals surface area contributed by atoms with Crippen LogP contribution in [-0.4, -0.2) is 22.7 Å². The molecule has 5 nitrogen and oxygen atoms in total. The largest absolute Gasteiger partial charge is 0.486 e. The second kappa shape index (κ2) is 9.97. The van der Waals surface area contributed by atoms with E-state index in [-0.39, 0.29) is 6.61 Å². The molecule has 32 heavy (non-hydrogen) atoms. The van der Waals surface area contributed by atoms with Gasteiger partial charge in [0.2, 0.25) is 0 Å². The quantitative estimate of drug-likeness (QED) is 0.290. The Hall–Kier alpha value is -3.16. The minimum absolute atomic E-state index is 0.333. The molecule has 4 aromatic rings. The Kier molecular flexibility index (Phi) is 6.87. The molecule has 0 bridgehead atoms. The van der Waals surface area contributed by atoms with Gasteiger partial charge in [-0.05, 0) is 63.3 Å². The molecule has 0 atom stereocenters. The van der Waals surface area contributed by atoms with Crippen LogP contribution >= 0.6 is 27.3 Å². The van der Waals surface area contributed by atoms with E-state index >= 15 is 0 Å². The average molecular weight is 510 g/mol. The molecule has 7 heteroatoms. The van der Waals surface area contributed by atoms with Gasteiger partial charge in [0.15, 0.2) is 6.61 Å². The highest BCUT2D eigenvalue weighted by Gasteiger charge is 2.12. The van der Waals surface area contributed by atoms with Crippen molar-refractivity contribution in [2.45, 2.75) is 13.5 Å². The molecule has 1 N–H and O–H groups in total. The van der Waals surface area contributed by atoms with Crippen molar-refractivity contribution in [1.82, 2.24) is 4.98 Å². The number of nitrogens with zero attached hydrogens (tertiary/aromatic N) is 1. The van der Waals surface area contributed by atoms with Crippen LogP contribution in [0.4, 0.5) is 0 Å². The molecule has 0 unspecified atom stereocenters. The summed E-state index contributed by atoms with van der Waals surface area (Å²) in [6, 6.07) is 24.0. The molecule has 0 spiro atoms. The predicted octanol–water partition coefficient (Wildman–Crippen LogP) is 6.59. The topological polar surface area (TPSA) is 68.7 Å². The van der Waals surface area contributed by atoms with E-state index in [1.165, 1.54) is 11.1 Å². The van der Waals surface area contributed by atoms with E-state index in [0.29, 0.717) is 18.1 Å². The van der Waals surface area contributed by atoms with Gasteiger partial charge in [-0.1, -0.05) is 54.6 Å². The number of carboxylic acid groups (broad SMARTS) is 1. The van der Waals surface area contributed by atoms with Crippen LogP contribution < -0.4 is 9.47 Å². The molecule has 0 saturated carbocycles. The maximum atomic E-state index is 10.7. The Bertz CT molecular complexity index is 1220. The highest BCUT2D eigenvalue weighted by molar-refractivity contribution is 9.10. The normalized spacial score (nSPS) is 10.7. The standard InChI is InChI=1S/C25H20BrNO4S/c1-16-13-20(11-12-21(16)31-15-23(28)29)30-14-22-27-25(26)24(32-22)19-9-7-18(8-10-19)17-5-3-2-4-6-17/h2-13H,14-15H2,1H3,(H,28,29). The van der Waals surface area contributed by atoms with Crippen LogP contribution in [-0.2, 0) is 11.4 Å². The summed E-state index contributed by atoms with van der Waals surface area (Å²) in [6.07, 6.45) is 0. The number of thiazole rings is 1. The third kappa shape index (κ3) is 5.36. The molecule has 0 aliphatic rings. The van der Waals surface area contributed by atoms with Crippen LogP contribution in [0.1, 0.15) is 10.6 Å². The van der Waals surface area contributed by atoms with E-state index in [1.54, 1.807) is 23.5 Å². The van der Waals surface area contributed by atoms with Gasteiger partial charge in [0.1, 0.15) is 27.7 Å². The number of aliphatic carboxylic acids is 1. The predicted molar refractivity (Wildman–Crippen MR) is 129 cm³/mol. The summed E-state index contributed by atoms with van der Waals surface area (Å²) in [4.78, 5) is 16.3. The number of benzene rings is 3. The van der Waals surface area contributed by atoms with Gasteiger partial charge >= 0.3 is 5.97 Å². The zero-order valence-electron chi connectivity index (χ0n) is 17.2. The summed E-state index contributed by atoms with van der Waals surface area (Å²) in [6.45, 7) is 1.81. The number of aromatic nitrogens is 1. The molecule has 0 amide bonds. The third-order valence-electron chi connectivity index (χ3n) is 4.74. The fraction of sp³-hybridized carbons (Fsp3) is 0.120. The summed E-state index contributed by atoms with van der Waals surface area (Å²) in [5, 5.41) is 9.59. The summed E-state index contributed by atoms with van der Waals surface area (Å²) in [5.41, 5.74) is 4.26. The minimum atomic E-state index is -1.01. The summed E-state index contributed by atoms with van der Waals surface area (Å²) < 4.78 is 11.9. The van der Waals surface area contributed by atoms with Gasteiger partial charge < -0.3 is 14.6 Å². The van der Waals surface area contributed by atoms with Gasteiger partial charge in [0, 0.05) is 0 Å². The van der Waals surface area contributed by atoms with Crippen LogP contribution in [0, 0.1) is 6.92 Å².